The summed E-state index contributed by atoms with van der Waals surface area (Å²) in [5.41, 5.74) is 3.23. The normalized spacial score (nSPS) is 20.1. The number of aldehydes is 1. The minimum Gasteiger partial charge on any atom is -0.396 e. The Bertz CT molecular complexity index is 395. The highest BCUT2D eigenvalue weighted by atomic mass is 16.2. The molecular formula is C23H42O2. The van der Waals surface area contributed by atoms with E-state index in [1.807, 2.05) is 0 Å². The first-order chi connectivity index (χ1) is 12.0. The van der Waals surface area contributed by atoms with Crippen LogP contribution in [-0.2, 0) is 4.79 Å². The molecule has 25 heavy (non-hydrogen) atoms. The zero-order chi connectivity index (χ0) is 18.5. The van der Waals surface area contributed by atoms with Gasteiger partial charge in [0.15, 0.2) is 0 Å². The summed E-state index contributed by atoms with van der Waals surface area (Å²) < 4.78 is 0. The molecule has 0 radical (unpaired) electrons. The van der Waals surface area contributed by atoms with Crippen LogP contribution in [0, 0.1) is 11.3 Å². The fourth-order valence-electron chi connectivity index (χ4n) is 4.35. The third-order valence-electron chi connectivity index (χ3n) is 6.18. The number of carbonyl (C=O) groups excluding carboxylic acids is 1. The van der Waals surface area contributed by atoms with E-state index < -0.39 is 0 Å². The van der Waals surface area contributed by atoms with E-state index in [1.54, 1.807) is 5.57 Å². The zero-order valence-electron chi connectivity index (χ0n) is 17.1. The van der Waals surface area contributed by atoms with E-state index >= 15 is 0 Å². The van der Waals surface area contributed by atoms with Crippen molar-refractivity contribution in [2.75, 3.05) is 6.61 Å². The largest absolute Gasteiger partial charge is 0.396 e. The number of aliphatic hydroxyl groups is 1. The van der Waals surface area contributed by atoms with Crippen LogP contribution >= 0.6 is 0 Å². The number of carbonyl (C=O) groups is 1. The average molecular weight is 351 g/mol. The van der Waals surface area contributed by atoms with Gasteiger partial charge in [0.25, 0.3) is 0 Å². The van der Waals surface area contributed by atoms with Crippen LogP contribution in [0.3, 0.4) is 0 Å². The molecule has 0 aromatic heterocycles. The van der Waals surface area contributed by atoms with Crippen molar-refractivity contribution in [3.05, 3.63) is 11.1 Å². The Morgan fingerprint density at radius 2 is 1.40 bits per heavy atom. The van der Waals surface area contributed by atoms with Crippen molar-refractivity contribution in [1.29, 1.82) is 0 Å². The summed E-state index contributed by atoms with van der Waals surface area (Å²) in [6.07, 6.45) is 18.8. The van der Waals surface area contributed by atoms with Gasteiger partial charge < -0.3 is 9.90 Å². The van der Waals surface area contributed by atoms with E-state index in [1.165, 1.54) is 76.2 Å². The lowest BCUT2D eigenvalue weighted by Gasteiger charge is -2.37. The van der Waals surface area contributed by atoms with Crippen LogP contribution in [0.1, 0.15) is 111 Å². The van der Waals surface area contributed by atoms with Crippen molar-refractivity contribution < 1.29 is 9.90 Å². The Labute approximate surface area is 156 Å². The van der Waals surface area contributed by atoms with Crippen LogP contribution in [0.2, 0.25) is 0 Å². The van der Waals surface area contributed by atoms with Crippen LogP contribution in [0.5, 0.6) is 0 Å². The maximum Gasteiger partial charge on any atom is 0.127 e. The van der Waals surface area contributed by atoms with Gasteiger partial charge >= 0.3 is 0 Å². The molecule has 2 heteroatoms. The predicted molar refractivity (Wildman–Crippen MR) is 108 cm³/mol. The third-order valence-corrected chi connectivity index (χ3v) is 6.18. The van der Waals surface area contributed by atoms with Crippen LogP contribution in [-0.4, -0.2) is 18.0 Å². The lowest BCUT2D eigenvalue weighted by atomic mass is 9.68. The standard InChI is InChI=1S/C23H42O2/c1-20-21(19-25)16-17-23(2,3)22(20)15-13-11-9-7-5-4-6-8-10-12-14-18-24/h19,21,24H,4-18H2,1-3H3. The average Bonchev–Trinajstić information content (AvgIpc) is 2.58. The Hall–Kier alpha value is -0.630. The highest BCUT2D eigenvalue weighted by Gasteiger charge is 2.32. The molecule has 2 nitrogen and oxygen atoms in total. The van der Waals surface area contributed by atoms with Gasteiger partial charge in [0.1, 0.15) is 6.29 Å². The van der Waals surface area contributed by atoms with Crippen molar-refractivity contribution in [2.24, 2.45) is 11.3 Å². The Morgan fingerprint density at radius 1 is 0.920 bits per heavy atom. The first-order valence-corrected chi connectivity index (χ1v) is 10.8. The van der Waals surface area contributed by atoms with Crippen LogP contribution < -0.4 is 0 Å². The number of hydrogen-bond acceptors (Lipinski definition) is 2. The minimum absolute atomic E-state index is 0.181. The first-order valence-electron chi connectivity index (χ1n) is 10.8. The summed E-state index contributed by atoms with van der Waals surface area (Å²) in [7, 11) is 0. The monoisotopic (exact) mass is 350 g/mol. The summed E-state index contributed by atoms with van der Waals surface area (Å²) in [6, 6.07) is 0. The van der Waals surface area contributed by atoms with Gasteiger partial charge in [-0.3, -0.25) is 0 Å². The first kappa shape index (κ1) is 22.4. The number of rotatable bonds is 14. The summed E-state index contributed by atoms with van der Waals surface area (Å²) in [4.78, 5) is 11.3. The van der Waals surface area contributed by atoms with Crippen LogP contribution in [0.4, 0.5) is 0 Å². The molecule has 1 unspecified atom stereocenters. The topological polar surface area (TPSA) is 37.3 Å². The second-order valence-electron chi connectivity index (χ2n) is 8.69. The van der Waals surface area contributed by atoms with Crippen LogP contribution in [0.15, 0.2) is 11.1 Å². The molecule has 0 amide bonds. The summed E-state index contributed by atoms with van der Waals surface area (Å²) in [5.74, 6) is 0.181. The molecular weight excluding hydrogens is 308 g/mol. The summed E-state index contributed by atoms with van der Waals surface area (Å²) in [5, 5.41) is 8.74. The second-order valence-corrected chi connectivity index (χ2v) is 8.69. The van der Waals surface area contributed by atoms with Crippen molar-refractivity contribution in [2.45, 2.75) is 111 Å². The smallest absolute Gasteiger partial charge is 0.127 e. The molecule has 0 bridgehead atoms. The van der Waals surface area contributed by atoms with E-state index in [0.29, 0.717) is 12.0 Å². The molecule has 0 heterocycles. The van der Waals surface area contributed by atoms with Gasteiger partial charge in [-0.05, 0) is 44.4 Å². The molecule has 146 valence electrons. The van der Waals surface area contributed by atoms with Gasteiger partial charge in [-0.25, -0.2) is 0 Å². The Balaban J connectivity index is 2.10. The lowest BCUT2D eigenvalue weighted by Crippen LogP contribution is -2.26. The molecule has 0 aliphatic heterocycles. The fourth-order valence-corrected chi connectivity index (χ4v) is 4.35. The maximum absolute atomic E-state index is 11.3. The molecule has 0 spiro atoms. The highest BCUT2D eigenvalue weighted by molar-refractivity contribution is 5.60. The number of aliphatic hydroxyl groups excluding tert-OH is 1. The molecule has 1 aliphatic rings. The number of allylic oxidation sites excluding steroid dienone is 2. The van der Waals surface area contributed by atoms with Crippen molar-refractivity contribution in [1.82, 2.24) is 0 Å². The maximum atomic E-state index is 11.3. The molecule has 1 atom stereocenters. The van der Waals surface area contributed by atoms with E-state index in [0.717, 1.165) is 25.5 Å². The van der Waals surface area contributed by atoms with E-state index in [4.69, 9.17) is 5.11 Å². The summed E-state index contributed by atoms with van der Waals surface area (Å²) in [6.45, 7) is 7.25. The second kappa shape index (κ2) is 12.7. The number of hydrogen-bond donors (Lipinski definition) is 1. The molecule has 0 fully saturated rings. The number of unbranched alkanes of at least 4 members (excludes halogenated alkanes) is 10. The molecule has 1 aliphatic carbocycles. The van der Waals surface area contributed by atoms with Gasteiger partial charge in [-0.1, -0.05) is 82.8 Å². The fraction of sp³-hybridized carbons (Fsp3) is 0.870. The highest BCUT2D eigenvalue weighted by Crippen LogP contribution is 2.44. The molecule has 0 aromatic carbocycles. The van der Waals surface area contributed by atoms with E-state index in [2.05, 4.69) is 20.8 Å². The van der Waals surface area contributed by atoms with Crippen molar-refractivity contribution >= 4 is 6.29 Å². The van der Waals surface area contributed by atoms with Crippen molar-refractivity contribution in [3.63, 3.8) is 0 Å². The lowest BCUT2D eigenvalue weighted by molar-refractivity contribution is -0.110. The van der Waals surface area contributed by atoms with Crippen LogP contribution in [0.25, 0.3) is 0 Å². The third kappa shape index (κ3) is 8.53. The summed E-state index contributed by atoms with van der Waals surface area (Å²) >= 11 is 0. The minimum atomic E-state index is 0.181. The van der Waals surface area contributed by atoms with Gasteiger partial charge in [-0.15, -0.1) is 0 Å². The van der Waals surface area contributed by atoms with Gasteiger partial charge in [-0.2, -0.15) is 0 Å². The molecule has 0 aromatic rings. The molecule has 0 saturated heterocycles. The molecule has 1 rings (SSSR count). The van der Waals surface area contributed by atoms with E-state index in [-0.39, 0.29) is 5.92 Å². The molecule has 0 saturated carbocycles. The van der Waals surface area contributed by atoms with Gasteiger partial charge in [0.2, 0.25) is 0 Å². The van der Waals surface area contributed by atoms with E-state index in [9.17, 15) is 4.79 Å². The predicted octanol–water partition coefficient (Wildman–Crippen LogP) is 6.61. The van der Waals surface area contributed by atoms with Gasteiger partial charge in [0.05, 0.1) is 0 Å². The Morgan fingerprint density at radius 3 is 1.88 bits per heavy atom. The van der Waals surface area contributed by atoms with Crippen molar-refractivity contribution in [3.8, 4) is 0 Å². The quantitative estimate of drug-likeness (QED) is 0.217. The zero-order valence-corrected chi connectivity index (χ0v) is 17.1. The Kier molecular flexibility index (Phi) is 11.4. The SMILES string of the molecule is CC1=C(CCCCCCCCCCCCCO)C(C)(C)CCC1C=O. The van der Waals surface area contributed by atoms with Gasteiger partial charge in [0, 0.05) is 12.5 Å². The molecule has 1 N–H and O–H groups in total.